The Labute approximate surface area is 226 Å². The van der Waals surface area contributed by atoms with Crippen LogP contribution in [0.3, 0.4) is 0 Å². The summed E-state index contributed by atoms with van der Waals surface area (Å²) in [6, 6.07) is 20.5. The van der Waals surface area contributed by atoms with Gasteiger partial charge in [0.05, 0.1) is 27.8 Å². The fourth-order valence-electron chi connectivity index (χ4n) is 4.54. The molecule has 200 valence electrons. The molecule has 39 heavy (non-hydrogen) atoms. The highest BCUT2D eigenvalue weighted by atomic mass is 32.2. The quantitative estimate of drug-likeness (QED) is 0.255. The number of anilines is 1. The number of ether oxygens (including phenoxy) is 1. The molecule has 0 aliphatic carbocycles. The lowest BCUT2D eigenvalue weighted by Gasteiger charge is -2.30. The molecule has 3 aromatic rings. The number of hydrogen-bond acceptors (Lipinski definition) is 6. The Bertz CT molecular complexity index is 1550. The maximum absolute atomic E-state index is 13.2. The highest BCUT2D eigenvalue weighted by molar-refractivity contribution is 7.89. The lowest BCUT2D eigenvalue weighted by Crippen LogP contribution is -2.43. The third kappa shape index (κ3) is 5.67. The number of amides is 1. The van der Waals surface area contributed by atoms with Crippen molar-refractivity contribution in [2.45, 2.75) is 24.7 Å². The van der Waals surface area contributed by atoms with Crippen LogP contribution in [0.5, 0.6) is 5.75 Å². The number of para-hydroxylation sites is 1. The molecular formula is C29H26FN3O5S. The van der Waals surface area contributed by atoms with E-state index in [1.165, 1.54) is 21.4 Å². The van der Waals surface area contributed by atoms with Crippen LogP contribution in [0.15, 0.2) is 94.4 Å². The molecule has 1 atom stereocenters. The number of sulfonamides is 1. The third-order valence-electron chi connectivity index (χ3n) is 6.64. The molecule has 0 N–H and O–H groups in total. The van der Waals surface area contributed by atoms with Gasteiger partial charge in [0.15, 0.2) is 0 Å². The minimum Gasteiger partial charge on any atom is -0.426 e. The first-order valence-corrected chi connectivity index (χ1v) is 13.9. The molecule has 1 unspecified atom stereocenters. The smallest absolute Gasteiger partial charge is 0.315 e. The minimum atomic E-state index is -3.85. The highest BCUT2D eigenvalue weighted by Crippen LogP contribution is 2.27. The summed E-state index contributed by atoms with van der Waals surface area (Å²) >= 11 is 0. The highest BCUT2D eigenvalue weighted by Gasteiger charge is 2.34. The normalized spacial score (nSPS) is 19.3. The number of hydrazone groups is 1. The van der Waals surface area contributed by atoms with E-state index in [1.54, 1.807) is 37.3 Å². The Morgan fingerprint density at radius 3 is 2.41 bits per heavy atom. The van der Waals surface area contributed by atoms with Gasteiger partial charge in [0.25, 0.3) is 5.91 Å². The van der Waals surface area contributed by atoms with Gasteiger partial charge >= 0.3 is 5.97 Å². The zero-order valence-corrected chi connectivity index (χ0v) is 22.0. The lowest BCUT2D eigenvalue weighted by atomic mass is 10.00. The fraction of sp³-hybridized carbons (Fsp3) is 0.207. The first-order chi connectivity index (χ1) is 18.7. The summed E-state index contributed by atoms with van der Waals surface area (Å²) in [5.41, 5.74) is 2.47. The Hall–Kier alpha value is -4.15. The van der Waals surface area contributed by atoms with Crippen LogP contribution < -0.4 is 9.75 Å². The van der Waals surface area contributed by atoms with Crippen LogP contribution in [0.4, 0.5) is 10.1 Å². The molecule has 1 fully saturated rings. The molecule has 0 aromatic heterocycles. The summed E-state index contributed by atoms with van der Waals surface area (Å²) < 4.78 is 46.0. The van der Waals surface area contributed by atoms with Crippen LogP contribution in [0.25, 0.3) is 6.08 Å². The van der Waals surface area contributed by atoms with E-state index in [0.717, 1.165) is 17.7 Å². The number of carbonyl (C=O) groups excluding carboxylic acids is 2. The molecule has 0 spiro atoms. The summed E-state index contributed by atoms with van der Waals surface area (Å²) in [5.74, 6) is -1.59. The topological polar surface area (TPSA) is 96.3 Å². The molecule has 8 nitrogen and oxygen atoms in total. The molecular weight excluding hydrogens is 521 g/mol. The molecule has 0 saturated carbocycles. The zero-order chi connectivity index (χ0) is 27.6. The number of hydrogen-bond donors (Lipinski definition) is 0. The van der Waals surface area contributed by atoms with Gasteiger partial charge in [-0.05, 0) is 79.9 Å². The predicted molar refractivity (Wildman–Crippen MR) is 145 cm³/mol. The van der Waals surface area contributed by atoms with Gasteiger partial charge in [-0.3, -0.25) is 9.59 Å². The van der Waals surface area contributed by atoms with Crippen LogP contribution in [-0.2, 0) is 19.6 Å². The number of esters is 1. The van der Waals surface area contributed by atoms with Gasteiger partial charge in [0, 0.05) is 13.1 Å². The molecule has 2 aliphatic heterocycles. The Morgan fingerprint density at radius 2 is 1.72 bits per heavy atom. The second-order valence-electron chi connectivity index (χ2n) is 9.34. The van der Waals surface area contributed by atoms with Crippen molar-refractivity contribution in [1.82, 2.24) is 4.31 Å². The predicted octanol–water partition coefficient (Wildman–Crippen LogP) is 4.64. The van der Waals surface area contributed by atoms with Crippen LogP contribution in [0.2, 0.25) is 0 Å². The molecule has 5 rings (SSSR count). The number of nitrogens with zero attached hydrogens (tertiary/aromatic N) is 3. The average molecular weight is 548 g/mol. The van der Waals surface area contributed by atoms with Crippen molar-refractivity contribution in [3.8, 4) is 5.75 Å². The molecule has 3 aromatic carbocycles. The van der Waals surface area contributed by atoms with E-state index in [0.29, 0.717) is 35.6 Å². The summed E-state index contributed by atoms with van der Waals surface area (Å²) in [7, 11) is -3.85. The van der Waals surface area contributed by atoms with Crippen molar-refractivity contribution in [3.05, 3.63) is 95.8 Å². The maximum Gasteiger partial charge on any atom is 0.315 e. The van der Waals surface area contributed by atoms with Crippen molar-refractivity contribution >= 4 is 39.4 Å². The Kier molecular flexibility index (Phi) is 7.40. The molecule has 2 heterocycles. The second kappa shape index (κ2) is 10.9. The van der Waals surface area contributed by atoms with Gasteiger partial charge in [0.2, 0.25) is 10.0 Å². The molecule has 10 heteroatoms. The first kappa shape index (κ1) is 26.5. The molecule has 1 amide bonds. The number of rotatable bonds is 6. The summed E-state index contributed by atoms with van der Waals surface area (Å²) in [6.07, 6.45) is 2.73. The number of piperidine rings is 1. The number of benzene rings is 3. The standard InChI is InChI=1S/C29H26FN3O5S/c1-20-27(28(34)33(31-20)24-7-3-2-4-8-24)18-21-9-13-25(14-10-21)38-29(35)22-6-5-17-32(19-22)39(36,37)26-15-11-23(30)12-16-26/h2-4,7-16,18,22H,5-6,17,19H2,1H3. The second-order valence-corrected chi connectivity index (χ2v) is 11.3. The van der Waals surface area contributed by atoms with Crippen LogP contribution in [0, 0.1) is 11.7 Å². The number of halogens is 1. The van der Waals surface area contributed by atoms with E-state index < -0.39 is 27.7 Å². The van der Waals surface area contributed by atoms with Crippen molar-refractivity contribution in [1.29, 1.82) is 0 Å². The van der Waals surface area contributed by atoms with Gasteiger partial charge in [-0.25, -0.2) is 12.8 Å². The zero-order valence-electron chi connectivity index (χ0n) is 21.2. The van der Waals surface area contributed by atoms with Crippen molar-refractivity contribution in [2.24, 2.45) is 11.0 Å². The van der Waals surface area contributed by atoms with Crippen molar-refractivity contribution < 1.29 is 27.1 Å². The van der Waals surface area contributed by atoms with Gasteiger partial charge < -0.3 is 4.74 Å². The van der Waals surface area contributed by atoms with E-state index in [-0.39, 0.29) is 23.9 Å². The van der Waals surface area contributed by atoms with Gasteiger partial charge in [-0.2, -0.15) is 14.4 Å². The first-order valence-electron chi connectivity index (χ1n) is 12.5. The Morgan fingerprint density at radius 1 is 1.03 bits per heavy atom. The van der Waals surface area contributed by atoms with Crippen LogP contribution in [0.1, 0.15) is 25.3 Å². The minimum absolute atomic E-state index is 0.0125. The van der Waals surface area contributed by atoms with E-state index in [2.05, 4.69) is 5.10 Å². The van der Waals surface area contributed by atoms with E-state index in [4.69, 9.17) is 4.74 Å². The lowest BCUT2D eigenvalue weighted by molar-refractivity contribution is -0.140. The number of carbonyl (C=O) groups is 2. The molecule has 2 aliphatic rings. The fourth-order valence-corrected chi connectivity index (χ4v) is 6.06. The van der Waals surface area contributed by atoms with E-state index >= 15 is 0 Å². The monoisotopic (exact) mass is 547 g/mol. The van der Waals surface area contributed by atoms with Gasteiger partial charge in [-0.15, -0.1) is 0 Å². The maximum atomic E-state index is 13.2. The third-order valence-corrected chi connectivity index (χ3v) is 8.52. The summed E-state index contributed by atoms with van der Waals surface area (Å²) in [4.78, 5) is 25.8. The largest absolute Gasteiger partial charge is 0.426 e. The Balaban J connectivity index is 1.23. The van der Waals surface area contributed by atoms with E-state index in [1.807, 2.05) is 30.3 Å². The molecule has 0 bridgehead atoms. The van der Waals surface area contributed by atoms with Crippen molar-refractivity contribution in [3.63, 3.8) is 0 Å². The van der Waals surface area contributed by atoms with E-state index in [9.17, 15) is 22.4 Å². The molecule has 0 radical (unpaired) electrons. The van der Waals surface area contributed by atoms with Gasteiger partial charge in [0.1, 0.15) is 11.6 Å². The van der Waals surface area contributed by atoms with Crippen LogP contribution in [-0.4, -0.2) is 43.4 Å². The van der Waals surface area contributed by atoms with Gasteiger partial charge in [-0.1, -0.05) is 30.3 Å². The van der Waals surface area contributed by atoms with Crippen LogP contribution >= 0.6 is 0 Å². The summed E-state index contributed by atoms with van der Waals surface area (Å²) in [6.45, 7) is 2.03. The average Bonchev–Trinajstić information content (AvgIpc) is 3.23. The molecule has 1 saturated heterocycles. The summed E-state index contributed by atoms with van der Waals surface area (Å²) in [5, 5.41) is 5.73. The van der Waals surface area contributed by atoms with Crippen molar-refractivity contribution in [2.75, 3.05) is 18.1 Å². The SMILES string of the molecule is CC1=NN(c2ccccc2)C(=O)C1=Cc1ccc(OC(=O)C2CCCN(S(=O)(=O)c3ccc(F)cc3)C2)cc1.